The van der Waals surface area contributed by atoms with Crippen molar-refractivity contribution < 1.29 is 8.91 Å². The number of aromatic nitrogens is 2. The molecule has 1 aromatic heterocycles. The molecule has 0 radical (unpaired) electrons. The van der Waals surface area contributed by atoms with E-state index in [9.17, 15) is 4.39 Å². The van der Waals surface area contributed by atoms with E-state index in [2.05, 4.69) is 27.3 Å². The van der Waals surface area contributed by atoms with Gasteiger partial charge >= 0.3 is 0 Å². The highest BCUT2D eigenvalue weighted by atomic mass is 19.1. The Kier molecular flexibility index (Phi) is 3.75. The summed E-state index contributed by atoms with van der Waals surface area (Å²) in [6.45, 7) is 5.93. The Morgan fingerprint density at radius 3 is 2.90 bits per heavy atom. The van der Waals surface area contributed by atoms with Gasteiger partial charge in [0, 0.05) is 31.7 Å². The average molecular weight is 276 g/mol. The summed E-state index contributed by atoms with van der Waals surface area (Å²) in [5.41, 5.74) is 0.608. The number of benzene rings is 1. The molecule has 1 unspecified atom stereocenters. The highest BCUT2D eigenvalue weighted by Gasteiger charge is 2.22. The van der Waals surface area contributed by atoms with E-state index in [1.165, 1.54) is 12.1 Å². The molecule has 1 aliphatic rings. The molecule has 20 heavy (non-hydrogen) atoms. The minimum atomic E-state index is -0.308. The third-order valence-electron chi connectivity index (χ3n) is 3.59. The number of nitrogens with one attached hydrogen (secondary N) is 1. The van der Waals surface area contributed by atoms with Crippen molar-refractivity contribution in [2.24, 2.45) is 0 Å². The number of hydrogen-bond donors (Lipinski definition) is 1. The summed E-state index contributed by atoms with van der Waals surface area (Å²) in [6.07, 6.45) is 0. The van der Waals surface area contributed by atoms with Crippen molar-refractivity contribution in [1.82, 2.24) is 20.4 Å². The van der Waals surface area contributed by atoms with E-state index < -0.39 is 0 Å². The van der Waals surface area contributed by atoms with Gasteiger partial charge in [0.2, 0.25) is 0 Å². The van der Waals surface area contributed by atoms with Gasteiger partial charge in [-0.05, 0) is 25.1 Å². The van der Waals surface area contributed by atoms with Crippen LogP contribution in [0.25, 0.3) is 11.5 Å². The van der Waals surface area contributed by atoms with Crippen LogP contribution in [-0.4, -0.2) is 41.2 Å². The summed E-state index contributed by atoms with van der Waals surface area (Å²) in [5.74, 6) is 0.699. The number of rotatable bonds is 3. The van der Waals surface area contributed by atoms with Crippen molar-refractivity contribution in [3.8, 4) is 11.5 Å². The van der Waals surface area contributed by atoms with Gasteiger partial charge in [-0.3, -0.25) is 4.90 Å². The second-order valence-corrected chi connectivity index (χ2v) is 4.93. The van der Waals surface area contributed by atoms with Crippen molar-refractivity contribution in [3.05, 3.63) is 35.9 Å². The first kappa shape index (κ1) is 13.2. The molecule has 0 saturated carbocycles. The van der Waals surface area contributed by atoms with Crippen LogP contribution in [-0.2, 0) is 0 Å². The second kappa shape index (κ2) is 5.68. The van der Waals surface area contributed by atoms with E-state index in [1.54, 1.807) is 12.1 Å². The van der Waals surface area contributed by atoms with Gasteiger partial charge in [-0.2, -0.15) is 4.98 Å². The molecule has 2 heterocycles. The van der Waals surface area contributed by atoms with E-state index in [1.807, 2.05) is 0 Å². The fraction of sp³-hybridized carbons (Fsp3) is 0.429. The van der Waals surface area contributed by atoms with Crippen LogP contribution in [0.2, 0.25) is 0 Å². The predicted molar refractivity (Wildman–Crippen MR) is 72.5 cm³/mol. The van der Waals surface area contributed by atoms with Gasteiger partial charge in [-0.1, -0.05) is 11.2 Å². The zero-order valence-electron chi connectivity index (χ0n) is 11.3. The highest BCUT2D eigenvalue weighted by Crippen LogP contribution is 2.22. The molecule has 0 amide bonds. The number of halogens is 1. The van der Waals surface area contributed by atoms with Gasteiger partial charge < -0.3 is 9.84 Å². The molecule has 1 aliphatic heterocycles. The normalized spacial score (nSPS) is 18.1. The molecule has 1 atom stereocenters. The summed E-state index contributed by atoms with van der Waals surface area (Å²) in [6, 6.07) is 6.28. The Balaban J connectivity index is 1.79. The number of hydrogen-bond acceptors (Lipinski definition) is 5. The fourth-order valence-electron chi connectivity index (χ4n) is 2.38. The molecule has 0 bridgehead atoms. The van der Waals surface area contributed by atoms with Gasteiger partial charge in [-0.15, -0.1) is 0 Å². The Morgan fingerprint density at radius 1 is 1.35 bits per heavy atom. The maximum Gasteiger partial charge on any atom is 0.258 e. The average Bonchev–Trinajstić information content (AvgIpc) is 2.97. The topological polar surface area (TPSA) is 54.2 Å². The lowest BCUT2D eigenvalue weighted by Crippen LogP contribution is -2.44. The third-order valence-corrected chi connectivity index (χ3v) is 3.59. The van der Waals surface area contributed by atoms with E-state index in [0.29, 0.717) is 17.3 Å². The maximum atomic E-state index is 13.2. The number of piperazine rings is 1. The van der Waals surface area contributed by atoms with Gasteiger partial charge in [0.05, 0.1) is 6.04 Å². The largest absolute Gasteiger partial charge is 0.334 e. The molecule has 1 saturated heterocycles. The van der Waals surface area contributed by atoms with Gasteiger partial charge in [0.25, 0.3) is 5.89 Å². The van der Waals surface area contributed by atoms with Gasteiger partial charge in [0.1, 0.15) is 5.82 Å². The van der Waals surface area contributed by atoms with Crippen LogP contribution in [0.3, 0.4) is 0 Å². The fourth-order valence-corrected chi connectivity index (χ4v) is 2.38. The van der Waals surface area contributed by atoms with Crippen LogP contribution in [0.4, 0.5) is 4.39 Å². The highest BCUT2D eigenvalue weighted by molar-refractivity contribution is 5.52. The SMILES string of the molecule is CC(c1noc(-c2cccc(F)c2)n1)N1CCNCC1. The van der Waals surface area contributed by atoms with E-state index >= 15 is 0 Å². The van der Waals surface area contributed by atoms with Crippen molar-refractivity contribution in [2.75, 3.05) is 26.2 Å². The Morgan fingerprint density at radius 2 is 2.15 bits per heavy atom. The van der Waals surface area contributed by atoms with Crippen LogP contribution in [0.5, 0.6) is 0 Å². The van der Waals surface area contributed by atoms with Crippen LogP contribution in [0, 0.1) is 5.82 Å². The molecule has 1 fully saturated rings. The zero-order chi connectivity index (χ0) is 13.9. The molecule has 5 nitrogen and oxygen atoms in total. The molecule has 3 rings (SSSR count). The summed E-state index contributed by atoms with van der Waals surface area (Å²) in [4.78, 5) is 6.69. The lowest BCUT2D eigenvalue weighted by Gasteiger charge is -2.30. The first-order valence-corrected chi connectivity index (χ1v) is 6.78. The van der Waals surface area contributed by atoms with Crippen LogP contribution in [0.15, 0.2) is 28.8 Å². The van der Waals surface area contributed by atoms with E-state index in [-0.39, 0.29) is 11.9 Å². The first-order chi connectivity index (χ1) is 9.74. The molecule has 0 spiro atoms. The molecular formula is C14H17FN4O. The third kappa shape index (κ3) is 2.71. The maximum absolute atomic E-state index is 13.2. The Hall–Kier alpha value is -1.79. The van der Waals surface area contributed by atoms with Crippen molar-refractivity contribution in [3.63, 3.8) is 0 Å². The summed E-state index contributed by atoms with van der Waals surface area (Å²) in [5, 5.41) is 7.34. The van der Waals surface area contributed by atoms with E-state index in [0.717, 1.165) is 26.2 Å². The summed E-state index contributed by atoms with van der Waals surface area (Å²) < 4.78 is 18.5. The van der Waals surface area contributed by atoms with E-state index in [4.69, 9.17) is 4.52 Å². The van der Waals surface area contributed by atoms with Gasteiger partial charge in [0.15, 0.2) is 5.82 Å². The van der Waals surface area contributed by atoms with Crippen LogP contribution < -0.4 is 5.32 Å². The Labute approximate surface area is 116 Å². The molecular weight excluding hydrogens is 259 g/mol. The minimum Gasteiger partial charge on any atom is -0.334 e. The van der Waals surface area contributed by atoms with Crippen molar-refractivity contribution in [1.29, 1.82) is 0 Å². The molecule has 6 heteroatoms. The molecule has 106 valence electrons. The molecule has 1 aromatic carbocycles. The summed E-state index contributed by atoms with van der Waals surface area (Å²) in [7, 11) is 0. The lowest BCUT2D eigenvalue weighted by atomic mass is 10.2. The lowest BCUT2D eigenvalue weighted by molar-refractivity contribution is 0.176. The first-order valence-electron chi connectivity index (χ1n) is 6.78. The minimum absolute atomic E-state index is 0.100. The van der Waals surface area contributed by atoms with Crippen molar-refractivity contribution in [2.45, 2.75) is 13.0 Å². The van der Waals surface area contributed by atoms with Crippen LogP contribution in [0.1, 0.15) is 18.8 Å². The molecule has 0 aliphatic carbocycles. The van der Waals surface area contributed by atoms with Crippen molar-refractivity contribution >= 4 is 0 Å². The quantitative estimate of drug-likeness (QED) is 0.927. The second-order valence-electron chi connectivity index (χ2n) is 4.93. The monoisotopic (exact) mass is 276 g/mol. The standard InChI is InChI=1S/C14H17FN4O/c1-10(19-7-5-16-6-8-19)13-17-14(20-18-13)11-3-2-4-12(15)9-11/h2-4,9-10,16H,5-8H2,1H3. The van der Waals surface area contributed by atoms with Gasteiger partial charge in [-0.25, -0.2) is 4.39 Å². The summed E-state index contributed by atoms with van der Waals surface area (Å²) >= 11 is 0. The zero-order valence-corrected chi connectivity index (χ0v) is 11.3. The smallest absolute Gasteiger partial charge is 0.258 e. The Bertz CT molecular complexity index is 580. The molecule has 1 N–H and O–H groups in total. The predicted octanol–water partition coefficient (Wildman–Crippen LogP) is 1.84. The van der Waals surface area contributed by atoms with Crippen LogP contribution >= 0.6 is 0 Å². The molecule has 2 aromatic rings. The number of nitrogens with zero attached hydrogens (tertiary/aromatic N) is 3.